The molecule has 100 valence electrons. The van der Waals surface area contributed by atoms with E-state index in [1.807, 2.05) is 12.1 Å². The molecule has 18 heavy (non-hydrogen) atoms. The van der Waals surface area contributed by atoms with Gasteiger partial charge in [0.2, 0.25) is 0 Å². The van der Waals surface area contributed by atoms with Crippen molar-refractivity contribution >= 4 is 17.4 Å². The first-order valence-corrected chi connectivity index (χ1v) is 6.99. The number of ketones is 1. The zero-order valence-corrected chi connectivity index (χ0v) is 12.2. The Morgan fingerprint density at radius 2 is 2.11 bits per heavy atom. The van der Waals surface area contributed by atoms with Crippen LogP contribution in [0, 0.1) is 0 Å². The van der Waals surface area contributed by atoms with E-state index in [1.165, 1.54) is 0 Å². The van der Waals surface area contributed by atoms with Crippen LogP contribution in [-0.2, 0) is 0 Å². The Balaban J connectivity index is 2.55. The fraction of sp³-hybridized carbons (Fsp3) is 0.533. The highest BCUT2D eigenvalue weighted by Gasteiger charge is 2.13. The summed E-state index contributed by atoms with van der Waals surface area (Å²) in [5.41, 5.74) is 0.711. The largest absolute Gasteiger partial charge is 0.300 e. The van der Waals surface area contributed by atoms with Gasteiger partial charge in [-0.3, -0.25) is 4.79 Å². The molecule has 0 bridgehead atoms. The van der Waals surface area contributed by atoms with Gasteiger partial charge in [-0.15, -0.1) is 0 Å². The Kier molecular flexibility index (Phi) is 6.37. The van der Waals surface area contributed by atoms with E-state index in [0.717, 1.165) is 19.5 Å². The molecule has 0 amide bonds. The van der Waals surface area contributed by atoms with Gasteiger partial charge in [-0.25, -0.2) is 0 Å². The molecule has 0 aromatic heterocycles. The maximum Gasteiger partial charge on any atom is 0.164 e. The molecule has 1 rings (SSSR count). The fourth-order valence-electron chi connectivity index (χ4n) is 2.00. The first-order chi connectivity index (χ1) is 8.58. The lowest BCUT2D eigenvalue weighted by Crippen LogP contribution is -2.34. The molecule has 0 spiro atoms. The summed E-state index contributed by atoms with van der Waals surface area (Å²) in [6.07, 6.45) is 1.66. The molecule has 0 radical (unpaired) electrons. The quantitative estimate of drug-likeness (QED) is 0.695. The van der Waals surface area contributed by atoms with Crippen molar-refractivity contribution in [2.24, 2.45) is 0 Å². The van der Waals surface area contributed by atoms with Gasteiger partial charge in [0.25, 0.3) is 0 Å². The van der Waals surface area contributed by atoms with Gasteiger partial charge in [0.05, 0.1) is 0 Å². The molecule has 0 N–H and O–H groups in total. The minimum absolute atomic E-state index is 0.166. The highest BCUT2D eigenvalue weighted by Crippen LogP contribution is 2.13. The van der Waals surface area contributed by atoms with Crippen LogP contribution in [0.15, 0.2) is 24.3 Å². The molecule has 0 aliphatic heterocycles. The Morgan fingerprint density at radius 1 is 1.39 bits per heavy atom. The average molecular weight is 268 g/mol. The van der Waals surface area contributed by atoms with E-state index in [-0.39, 0.29) is 5.78 Å². The van der Waals surface area contributed by atoms with E-state index in [1.54, 1.807) is 12.1 Å². The zero-order chi connectivity index (χ0) is 13.5. The number of carbonyl (C=O) groups is 1. The highest BCUT2D eigenvalue weighted by molar-refractivity contribution is 6.31. The van der Waals surface area contributed by atoms with Crippen LogP contribution in [0.4, 0.5) is 0 Å². The van der Waals surface area contributed by atoms with Crippen LogP contribution in [0.3, 0.4) is 0 Å². The number of benzene rings is 1. The molecule has 3 heteroatoms. The van der Waals surface area contributed by atoms with E-state index >= 15 is 0 Å². The summed E-state index contributed by atoms with van der Waals surface area (Å²) >= 11 is 5.89. The summed E-state index contributed by atoms with van der Waals surface area (Å²) in [5, 5.41) is 0.620. The van der Waals surface area contributed by atoms with E-state index in [4.69, 9.17) is 11.6 Å². The van der Waals surface area contributed by atoms with Crippen LogP contribution < -0.4 is 0 Å². The Hall–Kier alpha value is -0.860. The SMILES string of the molecule is CCC(C)N(CC)CCC(=O)c1cccc(Cl)c1. The molecule has 0 fully saturated rings. The number of carbonyl (C=O) groups excluding carboxylic acids is 1. The number of hydrogen-bond donors (Lipinski definition) is 0. The van der Waals surface area contributed by atoms with Crippen molar-refractivity contribution in [1.82, 2.24) is 4.90 Å². The van der Waals surface area contributed by atoms with Crippen LogP contribution in [0.1, 0.15) is 44.0 Å². The van der Waals surface area contributed by atoms with Crippen molar-refractivity contribution in [3.63, 3.8) is 0 Å². The number of rotatable bonds is 7. The summed E-state index contributed by atoms with van der Waals surface area (Å²) in [4.78, 5) is 14.4. The predicted molar refractivity (Wildman–Crippen MR) is 77.4 cm³/mol. The van der Waals surface area contributed by atoms with Gasteiger partial charge in [0.15, 0.2) is 5.78 Å². The Morgan fingerprint density at radius 3 is 2.67 bits per heavy atom. The topological polar surface area (TPSA) is 20.3 Å². The summed E-state index contributed by atoms with van der Waals surface area (Å²) in [7, 11) is 0. The number of Topliss-reactive ketones (excluding diaryl/α,β-unsaturated/α-hetero) is 1. The highest BCUT2D eigenvalue weighted by atomic mass is 35.5. The second-order valence-corrected chi connectivity index (χ2v) is 5.01. The van der Waals surface area contributed by atoms with E-state index in [9.17, 15) is 4.79 Å². The van der Waals surface area contributed by atoms with Gasteiger partial charge < -0.3 is 4.90 Å². The second-order valence-electron chi connectivity index (χ2n) is 4.57. The first-order valence-electron chi connectivity index (χ1n) is 6.61. The molecule has 1 aromatic rings. The third-order valence-corrected chi connectivity index (χ3v) is 3.63. The van der Waals surface area contributed by atoms with Gasteiger partial charge in [-0.2, -0.15) is 0 Å². The van der Waals surface area contributed by atoms with Crippen molar-refractivity contribution in [1.29, 1.82) is 0 Å². The van der Waals surface area contributed by atoms with E-state index in [0.29, 0.717) is 23.0 Å². The number of nitrogens with zero attached hydrogens (tertiary/aromatic N) is 1. The molecule has 0 heterocycles. The van der Waals surface area contributed by atoms with Crippen molar-refractivity contribution < 1.29 is 4.79 Å². The van der Waals surface area contributed by atoms with Gasteiger partial charge >= 0.3 is 0 Å². The zero-order valence-electron chi connectivity index (χ0n) is 11.4. The van der Waals surface area contributed by atoms with Crippen LogP contribution in [-0.4, -0.2) is 29.8 Å². The minimum Gasteiger partial charge on any atom is -0.300 e. The smallest absolute Gasteiger partial charge is 0.164 e. The van der Waals surface area contributed by atoms with Crippen LogP contribution in [0.2, 0.25) is 5.02 Å². The molecule has 0 aliphatic carbocycles. The standard InChI is InChI=1S/C15H22ClNO/c1-4-12(3)17(5-2)10-9-15(18)13-7-6-8-14(16)11-13/h6-8,11-12H,4-5,9-10H2,1-3H3. The maximum atomic E-state index is 12.0. The summed E-state index contributed by atoms with van der Waals surface area (Å²) < 4.78 is 0. The number of hydrogen-bond acceptors (Lipinski definition) is 2. The molecule has 1 aromatic carbocycles. The molecule has 0 saturated heterocycles. The maximum absolute atomic E-state index is 12.0. The molecule has 1 unspecified atom stereocenters. The predicted octanol–water partition coefficient (Wildman–Crippen LogP) is 4.03. The van der Waals surface area contributed by atoms with Crippen molar-refractivity contribution in [3.8, 4) is 0 Å². The molecular weight excluding hydrogens is 246 g/mol. The Bertz CT molecular complexity index is 392. The molecule has 2 nitrogen and oxygen atoms in total. The first kappa shape index (κ1) is 15.2. The average Bonchev–Trinajstić information content (AvgIpc) is 2.38. The summed E-state index contributed by atoms with van der Waals surface area (Å²) in [6, 6.07) is 7.71. The molecular formula is C15H22ClNO. The third kappa shape index (κ3) is 4.43. The fourth-order valence-corrected chi connectivity index (χ4v) is 2.19. The monoisotopic (exact) mass is 267 g/mol. The van der Waals surface area contributed by atoms with Crippen molar-refractivity contribution in [2.75, 3.05) is 13.1 Å². The lowest BCUT2D eigenvalue weighted by molar-refractivity contribution is 0.0954. The number of halogens is 1. The van der Waals surface area contributed by atoms with Gasteiger partial charge in [-0.1, -0.05) is 37.6 Å². The lowest BCUT2D eigenvalue weighted by atomic mass is 10.1. The van der Waals surface area contributed by atoms with Crippen LogP contribution >= 0.6 is 11.6 Å². The minimum atomic E-state index is 0.166. The van der Waals surface area contributed by atoms with E-state index < -0.39 is 0 Å². The third-order valence-electron chi connectivity index (χ3n) is 3.39. The molecule has 0 saturated carbocycles. The van der Waals surface area contributed by atoms with Gasteiger partial charge in [0.1, 0.15) is 0 Å². The molecule has 1 atom stereocenters. The Labute approximate surface area is 115 Å². The van der Waals surface area contributed by atoms with Crippen molar-refractivity contribution in [2.45, 2.75) is 39.7 Å². The second kappa shape index (κ2) is 7.55. The normalized spacial score (nSPS) is 12.7. The lowest BCUT2D eigenvalue weighted by Gasteiger charge is -2.26. The van der Waals surface area contributed by atoms with Crippen molar-refractivity contribution in [3.05, 3.63) is 34.9 Å². The van der Waals surface area contributed by atoms with E-state index in [2.05, 4.69) is 25.7 Å². The van der Waals surface area contributed by atoms with Crippen LogP contribution in [0.25, 0.3) is 0 Å². The van der Waals surface area contributed by atoms with Gasteiger partial charge in [-0.05, 0) is 32.0 Å². The molecule has 0 aliphatic rings. The van der Waals surface area contributed by atoms with Crippen LogP contribution in [0.5, 0.6) is 0 Å². The summed E-state index contributed by atoms with van der Waals surface area (Å²) in [5.74, 6) is 0.166. The summed E-state index contributed by atoms with van der Waals surface area (Å²) in [6.45, 7) is 8.31. The van der Waals surface area contributed by atoms with Gasteiger partial charge in [0, 0.05) is 29.6 Å².